The molecular weight excluding hydrogens is 277 g/mol. The van der Waals surface area contributed by atoms with Crippen LogP contribution in [-0.4, -0.2) is 16.7 Å². The number of halogens is 1. The Morgan fingerprint density at radius 1 is 1.05 bits per heavy atom. The number of anilines is 1. The third kappa shape index (κ3) is 2.64. The van der Waals surface area contributed by atoms with Crippen LogP contribution in [0.5, 0.6) is 0 Å². The van der Waals surface area contributed by atoms with E-state index in [0.717, 1.165) is 40.2 Å². The van der Waals surface area contributed by atoms with E-state index in [1.807, 2.05) is 12.1 Å². The molecule has 1 N–H and O–H groups in total. The van der Waals surface area contributed by atoms with Crippen LogP contribution in [0.3, 0.4) is 0 Å². The van der Waals surface area contributed by atoms with Crippen molar-refractivity contribution in [2.75, 3.05) is 11.9 Å². The summed E-state index contributed by atoms with van der Waals surface area (Å²) in [5.74, 6) is 1.38. The van der Waals surface area contributed by atoms with Crippen LogP contribution in [0.1, 0.15) is 12.8 Å². The van der Waals surface area contributed by atoms with E-state index in [1.54, 1.807) is 18.3 Å². The molecule has 0 aliphatic heterocycles. The second-order valence-electron chi connectivity index (χ2n) is 5.83. The molecule has 22 heavy (non-hydrogen) atoms. The molecule has 1 saturated carbocycles. The molecule has 0 atom stereocenters. The molecule has 1 aromatic heterocycles. The third-order valence-corrected chi connectivity index (χ3v) is 4.10. The normalized spacial score (nSPS) is 14.2. The van der Waals surface area contributed by atoms with Gasteiger partial charge in [0, 0.05) is 17.3 Å². The van der Waals surface area contributed by atoms with Crippen LogP contribution in [0.25, 0.3) is 21.9 Å². The van der Waals surface area contributed by atoms with Crippen LogP contribution < -0.4 is 5.32 Å². The van der Waals surface area contributed by atoms with Gasteiger partial charge in [0.15, 0.2) is 5.82 Å². The number of hydrogen-bond donors (Lipinski definition) is 1. The number of nitrogens with one attached hydrogen (secondary N) is 1. The summed E-state index contributed by atoms with van der Waals surface area (Å²) < 4.78 is 13.1. The van der Waals surface area contributed by atoms with Gasteiger partial charge in [0.05, 0.1) is 6.20 Å². The first kappa shape index (κ1) is 13.2. The van der Waals surface area contributed by atoms with Crippen LogP contribution in [0.4, 0.5) is 10.2 Å². The summed E-state index contributed by atoms with van der Waals surface area (Å²) in [5.41, 5.74) is 2.04. The smallest absolute Gasteiger partial charge is 0.156 e. The molecule has 4 rings (SSSR count). The van der Waals surface area contributed by atoms with Crippen molar-refractivity contribution in [1.29, 1.82) is 0 Å². The van der Waals surface area contributed by atoms with Crippen LogP contribution in [0, 0.1) is 11.7 Å². The highest BCUT2D eigenvalue weighted by Crippen LogP contribution is 2.31. The summed E-state index contributed by atoms with van der Waals surface area (Å²) in [6, 6.07) is 12.7. The highest BCUT2D eigenvalue weighted by molar-refractivity contribution is 5.94. The number of aromatic nitrogens is 2. The number of nitrogens with zero attached hydrogens (tertiary/aromatic N) is 2. The maximum Gasteiger partial charge on any atom is 0.156 e. The standard InChI is InChI=1S/C18H16FN3/c19-16-7-5-13(6-8-16)14-3-4-15-11-21-22-18(17(15)9-14)20-10-12-1-2-12/h3-9,11-12H,1-2,10H2,(H,20,22). The monoisotopic (exact) mass is 293 g/mol. The highest BCUT2D eigenvalue weighted by atomic mass is 19.1. The fourth-order valence-electron chi connectivity index (χ4n) is 2.59. The fraction of sp³-hybridized carbons (Fsp3) is 0.222. The summed E-state index contributed by atoms with van der Waals surface area (Å²) in [5, 5.41) is 13.8. The summed E-state index contributed by atoms with van der Waals surface area (Å²) in [6.45, 7) is 0.953. The van der Waals surface area contributed by atoms with Gasteiger partial charge < -0.3 is 5.32 Å². The van der Waals surface area contributed by atoms with Gasteiger partial charge in [-0.15, -0.1) is 5.10 Å². The predicted molar refractivity (Wildman–Crippen MR) is 86.1 cm³/mol. The molecule has 0 saturated heterocycles. The number of fused-ring (bicyclic) bond motifs is 1. The van der Waals surface area contributed by atoms with E-state index >= 15 is 0 Å². The largest absolute Gasteiger partial charge is 0.368 e. The Hall–Kier alpha value is -2.49. The van der Waals surface area contributed by atoms with E-state index < -0.39 is 0 Å². The SMILES string of the molecule is Fc1ccc(-c2ccc3cnnc(NCC4CC4)c3c2)cc1. The first-order valence-corrected chi connectivity index (χ1v) is 7.55. The van der Waals surface area contributed by atoms with Crippen LogP contribution in [0.2, 0.25) is 0 Å². The van der Waals surface area contributed by atoms with Gasteiger partial charge in [0.1, 0.15) is 5.82 Å². The van der Waals surface area contributed by atoms with E-state index in [2.05, 4.69) is 21.6 Å². The van der Waals surface area contributed by atoms with Crippen molar-refractivity contribution in [2.24, 2.45) is 5.92 Å². The lowest BCUT2D eigenvalue weighted by Gasteiger charge is -2.09. The zero-order chi connectivity index (χ0) is 14.9. The van der Waals surface area contributed by atoms with Crippen LogP contribution in [-0.2, 0) is 0 Å². The third-order valence-electron chi connectivity index (χ3n) is 4.10. The molecule has 3 nitrogen and oxygen atoms in total. The summed E-state index contributed by atoms with van der Waals surface area (Å²) in [7, 11) is 0. The van der Waals surface area contributed by atoms with Gasteiger partial charge in [-0.2, -0.15) is 5.10 Å². The van der Waals surface area contributed by atoms with Gasteiger partial charge in [-0.1, -0.05) is 24.3 Å². The predicted octanol–water partition coefficient (Wildman–Crippen LogP) is 4.26. The van der Waals surface area contributed by atoms with Gasteiger partial charge >= 0.3 is 0 Å². The Morgan fingerprint density at radius 2 is 1.82 bits per heavy atom. The minimum atomic E-state index is -0.220. The average molecular weight is 293 g/mol. The van der Waals surface area contributed by atoms with Gasteiger partial charge in [-0.25, -0.2) is 4.39 Å². The Labute approximate surface area is 128 Å². The van der Waals surface area contributed by atoms with Gasteiger partial charge in [0.2, 0.25) is 0 Å². The lowest BCUT2D eigenvalue weighted by Crippen LogP contribution is -2.06. The van der Waals surface area contributed by atoms with Crippen LogP contribution in [0.15, 0.2) is 48.7 Å². The van der Waals surface area contributed by atoms with E-state index in [4.69, 9.17) is 0 Å². The molecule has 0 unspecified atom stereocenters. The first-order chi connectivity index (χ1) is 10.8. The molecule has 0 bridgehead atoms. The first-order valence-electron chi connectivity index (χ1n) is 7.55. The second-order valence-corrected chi connectivity index (χ2v) is 5.83. The number of hydrogen-bond acceptors (Lipinski definition) is 3. The molecule has 1 fully saturated rings. The van der Waals surface area contributed by atoms with E-state index in [1.165, 1.54) is 25.0 Å². The second kappa shape index (κ2) is 5.37. The zero-order valence-corrected chi connectivity index (χ0v) is 12.1. The Bertz CT molecular complexity index is 810. The molecule has 1 aliphatic carbocycles. The topological polar surface area (TPSA) is 37.8 Å². The molecule has 0 spiro atoms. The average Bonchev–Trinajstić information content (AvgIpc) is 3.37. The molecule has 0 radical (unpaired) electrons. The zero-order valence-electron chi connectivity index (χ0n) is 12.1. The summed E-state index contributed by atoms with van der Waals surface area (Å²) in [4.78, 5) is 0. The summed E-state index contributed by atoms with van der Waals surface area (Å²) >= 11 is 0. The molecule has 3 aromatic rings. The van der Waals surface area contributed by atoms with Gasteiger partial charge in [-0.05, 0) is 48.1 Å². The van der Waals surface area contributed by atoms with Crippen molar-refractivity contribution in [3.8, 4) is 11.1 Å². The molecule has 1 aliphatic rings. The molecule has 0 amide bonds. The number of rotatable bonds is 4. The lowest BCUT2D eigenvalue weighted by molar-refractivity contribution is 0.628. The Kier molecular flexibility index (Phi) is 3.22. The van der Waals surface area contributed by atoms with Gasteiger partial charge in [-0.3, -0.25) is 0 Å². The maximum absolute atomic E-state index is 13.1. The van der Waals surface area contributed by atoms with Crippen molar-refractivity contribution in [3.05, 3.63) is 54.5 Å². The minimum absolute atomic E-state index is 0.220. The van der Waals surface area contributed by atoms with Crippen LogP contribution >= 0.6 is 0 Å². The highest BCUT2D eigenvalue weighted by Gasteiger charge is 2.21. The number of benzene rings is 2. The quantitative estimate of drug-likeness (QED) is 0.781. The van der Waals surface area contributed by atoms with Crippen molar-refractivity contribution in [2.45, 2.75) is 12.8 Å². The molecular formula is C18H16FN3. The fourth-order valence-corrected chi connectivity index (χ4v) is 2.59. The van der Waals surface area contributed by atoms with Crippen molar-refractivity contribution in [1.82, 2.24) is 10.2 Å². The van der Waals surface area contributed by atoms with Gasteiger partial charge in [0.25, 0.3) is 0 Å². The molecule has 4 heteroatoms. The lowest BCUT2D eigenvalue weighted by atomic mass is 10.0. The Balaban J connectivity index is 1.74. The molecule has 2 aromatic carbocycles. The van der Waals surface area contributed by atoms with E-state index in [-0.39, 0.29) is 5.82 Å². The minimum Gasteiger partial charge on any atom is -0.368 e. The van der Waals surface area contributed by atoms with Crippen molar-refractivity contribution >= 4 is 16.6 Å². The molecule has 110 valence electrons. The van der Waals surface area contributed by atoms with Crippen molar-refractivity contribution < 1.29 is 4.39 Å². The van der Waals surface area contributed by atoms with Crippen molar-refractivity contribution in [3.63, 3.8) is 0 Å². The van der Waals surface area contributed by atoms with E-state index in [0.29, 0.717) is 0 Å². The maximum atomic E-state index is 13.1. The molecule has 1 heterocycles. The van der Waals surface area contributed by atoms with E-state index in [9.17, 15) is 4.39 Å². The summed E-state index contributed by atoms with van der Waals surface area (Å²) in [6.07, 6.45) is 4.37. The Morgan fingerprint density at radius 3 is 2.59 bits per heavy atom.